The molecule has 0 aliphatic heterocycles. The number of aromatic nitrogens is 2. The summed E-state index contributed by atoms with van der Waals surface area (Å²) in [4.78, 5) is 5.77. The van der Waals surface area contributed by atoms with Gasteiger partial charge in [0.15, 0.2) is 4.96 Å². The SMILES string of the molecule is C=C(/C(=C\C)P(C)P)c1cn2c(n1)sc1cc(Br)ccc12. The van der Waals surface area contributed by atoms with Crippen LogP contribution in [0.3, 0.4) is 0 Å². The van der Waals surface area contributed by atoms with Gasteiger partial charge in [0.05, 0.1) is 15.9 Å². The predicted octanol–water partition coefficient (Wildman–Crippen LogP) is 6.13. The van der Waals surface area contributed by atoms with E-state index in [1.807, 2.05) is 0 Å². The number of fused-ring (bicyclic) bond motifs is 3. The minimum atomic E-state index is -0.255. The molecule has 2 nitrogen and oxygen atoms in total. The van der Waals surface area contributed by atoms with Crippen molar-refractivity contribution in [3.8, 4) is 0 Å². The maximum absolute atomic E-state index is 4.76. The first kappa shape index (κ1) is 15.4. The van der Waals surface area contributed by atoms with Gasteiger partial charge in [-0.1, -0.05) is 47.5 Å². The van der Waals surface area contributed by atoms with Crippen LogP contribution in [0.1, 0.15) is 12.6 Å². The Morgan fingerprint density at radius 3 is 2.95 bits per heavy atom. The van der Waals surface area contributed by atoms with Gasteiger partial charge >= 0.3 is 0 Å². The largest absolute Gasteiger partial charge is 0.290 e. The van der Waals surface area contributed by atoms with Crippen LogP contribution in [0.15, 0.2) is 46.8 Å². The lowest BCUT2D eigenvalue weighted by Gasteiger charge is -2.12. The van der Waals surface area contributed by atoms with Crippen LogP contribution in [-0.4, -0.2) is 16.0 Å². The van der Waals surface area contributed by atoms with Crippen LogP contribution >= 0.6 is 43.8 Å². The number of thiazole rings is 1. The molecule has 0 aliphatic rings. The van der Waals surface area contributed by atoms with Crippen molar-refractivity contribution in [2.24, 2.45) is 0 Å². The van der Waals surface area contributed by atoms with Crippen molar-refractivity contribution in [1.29, 1.82) is 0 Å². The van der Waals surface area contributed by atoms with Gasteiger partial charge in [0.2, 0.25) is 0 Å². The van der Waals surface area contributed by atoms with E-state index in [1.165, 1.54) is 15.5 Å². The molecule has 2 heterocycles. The van der Waals surface area contributed by atoms with Gasteiger partial charge in [-0.25, -0.2) is 4.98 Å². The first-order chi connectivity index (χ1) is 10.0. The summed E-state index contributed by atoms with van der Waals surface area (Å²) in [7, 11) is 2.63. The summed E-state index contributed by atoms with van der Waals surface area (Å²) in [5, 5.41) is 1.29. The maximum Gasteiger partial charge on any atom is 0.195 e. The Kier molecular flexibility index (Phi) is 4.34. The molecule has 0 aliphatic carbocycles. The number of nitrogens with zero attached hydrogens (tertiary/aromatic N) is 2. The quantitative estimate of drug-likeness (QED) is 0.384. The molecule has 2 unspecified atom stereocenters. The second kappa shape index (κ2) is 5.93. The number of allylic oxidation sites excluding steroid dienone is 3. The first-order valence-corrected chi connectivity index (χ1v) is 11.4. The van der Waals surface area contributed by atoms with Crippen molar-refractivity contribution in [3.63, 3.8) is 0 Å². The minimum Gasteiger partial charge on any atom is -0.290 e. The van der Waals surface area contributed by atoms with Gasteiger partial charge < -0.3 is 0 Å². The normalized spacial score (nSPS) is 14.0. The molecule has 1 aromatic carbocycles. The highest BCUT2D eigenvalue weighted by molar-refractivity contribution is 9.10. The lowest BCUT2D eigenvalue weighted by Crippen LogP contribution is -1.85. The first-order valence-electron chi connectivity index (χ1n) is 6.43. The number of hydrogen-bond acceptors (Lipinski definition) is 2. The monoisotopic (exact) mass is 396 g/mol. The molecule has 108 valence electrons. The summed E-state index contributed by atoms with van der Waals surface area (Å²) in [6.45, 7) is 8.52. The zero-order valence-electron chi connectivity index (χ0n) is 11.8. The summed E-state index contributed by atoms with van der Waals surface area (Å²) in [6.07, 6.45) is 4.24. The van der Waals surface area contributed by atoms with Gasteiger partial charge in [0, 0.05) is 16.2 Å². The zero-order valence-corrected chi connectivity index (χ0v) is 16.3. The molecular formula is C15H15BrN2P2S. The highest BCUT2D eigenvalue weighted by Crippen LogP contribution is 2.53. The van der Waals surface area contributed by atoms with E-state index in [0.717, 1.165) is 20.7 Å². The topological polar surface area (TPSA) is 17.3 Å². The van der Waals surface area contributed by atoms with E-state index in [4.69, 9.17) is 4.98 Å². The van der Waals surface area contributed by atoms with Crippen molar-refractivity contribution >= 4 is 64.6 Å². The number of halogens is 1. The molecule has 0 bridgehead atoms. The molecule has 0 saturated heterocycles. The lowest BCUT2D eigenvalue weighted by atomic mass is 10.2. The number of rotatable bonds is 3. The van der Waals surface area contributed by atoms with Crippen LogP contribution in [-0.2, 0) is 0 Å². The van der Waals surface area contributed by atoms with Crippen molar-refractivity contribution in [2.45, 2.75) is 6.92 Å². The minimum absolute atomic E-state index is 0.255. The van der Waals surface area contributed by atoms with Crippen molar-refractivity contribution in [1.82, 2.24) is 9.38 Å². The molecular weight excluding hydrogens is 382 g/mol. The van der Waals surface area contributed by atoms with Gasteiger partial charge in [0.1, 0.15) is 0 Å². The van der Waals surface area contributed by atoms with Crippen LogP contribution in [0, 0.1) is 0 Å². The fourth-order valence-corrected chi connectivity index (χ4v) is 5.76. The van der Waals surface area contributed by atoms with Gasteiger partial charge in [-0.15, -0.1) is 8.93 Å². The van der Waals surface area contributed by atoms with E-state index in [2.05, 4.69) is 79.9 Å². The van der Waals surface area contributed by atoms with Crippen molar-refractivity contribution in [3.05, 3.63) is 52.5 Å². The summed E-state index contributed by atoms with van der Waals surface area (Å²) in [6, 6.07) is 6.32. The molecule has 2 aromatic heterocycles. The third-order valence-electron chi connectivity index (χ3n) is 3.33. The second-order valence-corrected chi connectivity index (χ2v) is 10.7. The van der Waals surface area contributed by atoms with Crippen molar-refractivity contribution in [2.75, 3.05) is 6.66 Å². The Bertz CT molecular complexity index is 876. The van der Waals surface area contributed by atoms with Gasteiger partial charge in [-0.2, -0.15) is 0 Å². The fraction of sp³-hybridized carbons (Fsp3) is 0.133. The van der Waals surface area contributed by atoms with Gasteiger partial charge in [-0.3, -0.25) is 4.40 Å². The zero-order chi connectivity index (χ0) is 15.1. The van der Waals surface area contributed by atoms with E-state index in [-0.39, 0.29) is 7.61 Å². The number of hydrogen-bond donors (Lipinski definition) is 0. The summed E-state index contributed by atoms with van der Waals surface area (Å²) in [5.74, 6) is 0. The van der Waals surface area contributed by atoms with Crippen molar-refractivity contribution < 1.29 is 0 Å². The van der Waals surface area contributed by atoms with E-state index in [9.17, 15) is 0 Å². The third kappa shape index (κ3) is 2.75. The highest BCUT2D eigenvalue weighted by atomic mass is 79.9. The molecule has 21 heavy (non-hydrogen) atoms. The van der Waals surface area contributed by atoms with Gasteiger partial charge in [-0.05, 0) is 37.1 Å². The summed E-state index contributed by atoms with van der Waals surface area (Å²) in [5.41, 5.74) is 3.19. The van der Waals surface area contributed by atoms with Crippen LogP contribution < -0.4 is 0 Å². The average molecular weight is 397 g/mol. The van der Waals surface area contributed by atoms with Crippen LogP contribution in [0.4, 0.5) is 0 Å². The Morgan fingerprint density at radius 2 is 2.29 bits per heavy atom. The van der Waals surface area contributed by atoms with E-state index >= 15 is 0 Å². The predicted molar refractivity (Wildman–Crippen MR) is 104 cm³/mol. The smallest absolute Gasteiger partial charge is 0.195 e. The molecule has 6 heteroatoms. The molecule has 0 saturated carbocycles. The maximum atomic E-state index is 4.76. The molecule has 0 N–H and O–H groups in total. The molecule has 0 spiro atoms. The van der Waals surface area contributed by atoms with Gasteiger partial charge in [0.25, 0.3) is 0 Å². The lowest BCUT2D eigenvalue weighted by molar-refractivity contribution is 1.29. The van der Waals surface area contributed by atoms with Crippen LogP contribution in [0.2, 0.25) is 0 Å². The summed E-state index contributed by atoms with van der Waals surface area (Å²) < 4.78 is 4.49. The molecule has 3 aromatic rings. The third-order valence-corrected chi connectivity index (χ3v) is 6.96. The number of imidazole rings is 1. The van der Waals surface area contributed by atoms with E-state index < -0.39 is 0 Å². The summed E-state index contributed by atoms with van der Waals surface area (Å²) >= 11 is 5.22. The standard InChI is InChI=1S/C15H15BrN2P2S/c1-4-13(20(3)19)9(2)11-8-18-12-6-5-10(16)7-14(12)21-15(18)17-11/h4-8H,2,19H2,1,3H3/b13-4+. The van der Waals surface area contributed by atoms with Crippen LogP contribution in [0.5, 0.6) is 0 Å². The molecule has 0 amide bonds. The number of benzene rings is 1. The Balaban J connectivity index is 2.12. The fourth-order valence-electron chi connectivity index (χ4n) is 2.34. The van der Waals surface area contributed by atoms with E-state index in [1.54, 1.807) is 11.3 Å². The van der Waals surface area contributed by atoms with Crippen LogP contribution in [0.25, 0.3) is 20.8 Å². The molecule has 0 fully saturated rings. The van der Waals surface area contributed by atoms with E-state index in [0.29, 0.717) is 0 Å². The Morgan fingerprint density at radius 1 is 1.52 bits per heavy atom. The molecule has 3 rings (SSSR count). The Hall–Kier alpha value is -0.530. The second-order valence-electron chi connectivity index (χ2n) is 4.76. The highest BCUT2D eigenvalue weighted by Gasteiger charge is 2.14. The Labute approximate surface area is 139 Å². The molecule has 0 radical (unpaired) electrons. The average Bonchev–Trinajstić information content (AvgIpc) is 2.95. The molecule has 2 atom stereocenters.